The van der Waals surface area contributed by atoms with Crippen molar-refractivity contribution in [2.24, 2.45) is 0 Å². The second-order valence-corrected chi connectivity index (χ2v) is 7.49. The highest BCUT2D eigenvalue weighted by atomic mass is 32.1. The number of fused-ring (bicyclic) bond motifs is 1. The molecule has 4 rings (SSSR count). The molecule has 0 unspecified atom stereocenters. The number of nitrogens with zero attached hydrogens (tertiary/aromatic N) is 5. The van der Waals surface area contributed by atoms with Gasteiger partial charge in [0.05, 0.1) is 11.4 Å². The molecular weight excluding hydrogens is 362 g/mol. The molecule has 1 aliphatic rings. The number of hydrogen-bond acceptors (Lipinski definition) is 5. The molecule has 27 heavy (non-hydrogen) atoms. The third-order valence-electron chi connectivity index (χ3n) is 4.63. The molecule has 1 amide bonds. The summed E-state index contributed by atoms with van der Waals surface area (Å²) in [6, 6.07) is 9.37. The number of rotatable bonds is 4. The van der Waals surface area contributed by atoms with Crippen molar-refractivity contribution in [1.29, 1.82) is 0 Å². The molecule has 1 aliphatic heterocycles. The van der Waals surface area contributed by atoms with E-state index in [1.54, 1.807) is 9.47 Å². The molecule has 0 atom stereocenters. The molecule has 7 nitrogen and oxygen atoms in total. The van der Waals surface area contributed by atoms with Crippen LogP contribution in [0.4, 0.5) is 10.8 Å². The lowest BCUT2D eigenvalue weighted by Gasteiger charge is -2.19. The van der Waals surface area contributed by atoms with Gasteiger partial charge in [0, 0.05) is 18.3 Å². The number of amides is 1. The molecule has 0 spiro atoms. The molecule has 3 aromatic rings. The van der Waals surface area contributed by atoms with Gasteiger partial charge in [-0.3, -0.25) is 14.3 Å². The molecule has 0 bridgehead atoms. The van der Waals surface area contributed by atoms with Gasteiger partial charge in [-0.2, -0.15) is 5.10 Å². The number of hydrogen-bond donors (Lipinski definition) is 0. The summed E-state index contributed by atoms with van der Waals surface area (Å²) in [6.45, 7) is 2.47. The molecule has 0 saturated carbocycles. The zero-order chi connectivity index (χ0) is 18.8. The van der Waals surface area contributed by atoms with Crippen LogP contribution in [0.15, 0.2) is 40.5 Å². The van der Waals surface area contributed by atoms with Gasteiger partial charge in [-0.25, -0.2) is 14.5 Å². The number of para-hydroxylation sites is 1. The quantitative estimate of drug-likeness (QED) is 0.694. The number of aromatic nitrogens is 4. The third kappa shape index (κ3) is 3.57. The number of carbonyl (C=O) groups is 1. The predicted molar refractivity (Wildman–Crippen MR) is 104 cm³/mol. The van der Waals surface area contributed by atoms with Crippen molar-refractivity contribution < 1.29 is 4.79 Å². The Hall–Kier alpha value is -2.74. The summed E-state index contributed by atoms with van der Waals surface area (Å²) in [6.07, 6.45) is 3.89. The van der Waals surface area contributed by atoms with Crippen LogP contribution in [0.3, 0.4) is 0 Å². The van der Waals surface area contributed by atoms with Crippen LogP contribution in [0.25, 0.3) is 0 Å². The van der Waals surface area contributed by atoms with Crippen LogP contribution >= 0.6 is 11.3 Å². The molecule has 0 saturated heterocycles. The van der Waals surface area contributed by atoms with Gasteiger partial charge in [-0.05, 0) is 31.9 Å². The zero-order valence-corrected chi connectivity index (χ0v) is 16.0. The van der Waals surface area contributed by atoms with Crippen LogP contribution in [-0.4, -0.2) is 25.2 Å². The van der Waals surface area contributed by atoms with Crippen molar-refractivity contribution in [2.75, 3.05) is 4.90 Å². The molecule has 0 fully saturated rings. The highest BCUT2D eigenvalue weighted by Crippen LogP contribution is 2.28. The van der Waals surface area contributed by atoms with Gasteiger partial charge >= 0.3 is 5.69 Å². The van der Waals surface area contributed by atoms with Gasteiger partial charge in [0.2, 0.25) is 0 Å². The monoisotopic (exact) mass is 383 g/mol. The van der Waals surface area contributed by atoms with E-state index in [0.29, 0.717) is 11.7 Å². The van der Waals surface area contributed by atoms with Crippen molar-refractivity contribution in [1.82, 2.24) is 19.3 Å². The minimum absolute atomic E-state index is 0.105. The van der Waals surface area contributed by atoms with Crippen molar-refractivity contribution in [2.45, 2.75) is 45.7 Å². The van der Waals surface area contributed by atoms with Crippen LogP contribution in [-0.2, 0) is 24.3 Å². The summed E-state index contributed by atoms with van der Waals surface area (Å²) in [5, 5.41) is 6.93. The third-order valence-corrected chi connectivity index (χ3v) is 5.57. The topological polar surface area (TPSA) is 73.0 Å². The van der Waals surface area contributed by atoms with Gasteiger partial charge < -0.3 is 0 Å². The largest absolute Gasteiger partial charge is 0.346 e. The SMILES string of the molecule is Cc1csc(N(C(=O)Cn2nc3n(c2=O)CCCCC3)c2ccccc2)n1. The molecule has 2 aromatic heterocycles. The Kier molecular flexibility index (Phi) is 4.89. The Bertz CT molecular complexity index is 1000. The fourth-order valence-corrected chi connectivity index (χ4v) is 4.15. The number of thiazole rings is 1. The lowest BCUT2D eigenvalue weighted by molar-refractivity contribution is -0.118. The summed E-state index contributed by atoms with van der Waals surface area (Å²) >= 11 is 1.41. The van der Waals surface area contributed by atoms with E-state index in [2.05, 4.69) is 10.1 Å². The fourth-order valence-electron chi connectivity index (χ4n) is 3.31. The molecule has 1 aromatic carbocycles. The molecular formula is C19H21N5O2S. The maximum absolute atomic E-state index is 13.1. The van der Waals surface area contributed by atoms with Crippen LogP contribution in [0.5, 0.6) is 0 Å². The van der Waals surface area contributed by atoms with Crippen molar-refractivity contribution in [3.8, 4) is 0 Å². The summed E-state index contributed by atoms with van der Waals surface area (Å²) < 4.78 is 3.00. The maximum atomic E-state index is 13.1. The second-order valence-electron chi connectivity index (χ2n) is 6.65. The Balaban J connectivity index is 1.66. The Morgan fingerprint density at radius 3 is 2.78 bits per heavy atom. The van der Waals surface area contributed by atoms with Crippen LogP contribution in [0.1, 0.15) is 30.8 Å². The molecule has 0 N–H and O–H groups in total. The summed E-state index contributed by atoms with van der Waals surface area (Å²) in [7, 11) is 0. The number of carbonyl (C=O) groups excluding carboxylic acids is 1. The molecule has 0 radical (unpaired) electrons. The van der Waals surface area contributed by atoms with E-state index in [1.165, 1.54) is 16.0 Å². The van der Waals surface area contributed by atoms with E-state index < -0.39 is 0 Å². The number of benzene rings is 1. The van der Waals surface area contributed by atoms with Gasteiger partial charge in [0.25, 0.3) is 5.91 Å². The summed E-state index contributed by atoms with van der Waals surface area (Å²) in [5.74, 6) is 0.549. The van der Waals surface area contributed by atoms with Gasteiger partial charge in [0.15, 0.2) is 5.13 Å². The van der Waals surface area contributed by atoms with Crippen LogP contribution < -0.4 is 10.6 Å². The summed E-state index contributed by atoms with van der Waals surface area (Å²) in [4.78, 5) is 31.8. The van der Waals surface area contributed by atoms with E-state index >= 15 is 0 Å². The van der Waals surface area contributed by atoms with E-state index in [0.717, 1.165) is 42.9 Å². The van der Waals surface area contributed by atoms with Crippen molar-refractivity contribution >= 4 is 28.1 Å². The first-order chi connectivity index (χ1) is 13.1. The Morgan fingerprint density at radius 2 is 2.04 bits per heavy atom. The summed E-state index contributed by atoms with van der Waals surface area (Å²) in [5.41, 5.74) is 1.38. The fraction of sp³-hybridized carbons (Fsp3) is 0.368. The Labute approximate surface area is 160 Å². The Morgan fingerprint density at radius 1 is 1.22 bits per heavy atom. The average molecular weight is 383 g/mol. The molecule has 0 aliphatic carbocycles. The molecule has 140 valence electrons. The molecule has 3 heterocycles. The second kappa shape index (κ2) is 7.48. The smallest absolute Gasteiger partial charge is 0.279 e. The normalized spacial score (nSPS) is 13.8. The first-order valence-corrected chi connectivity index (χ1v) is 9.98. The van der Waals surface area contributed by atoms with Gasteiger partial charge in [0.1, 0.15) is 12.4 Å². The lowest BCUT2D eigenvalue weighted by Crippen LogP contribution is -2.34. The van der Waals surface area contributed by atoms with Crippen molar-refractivity contribution in [3.05, 3.63) is 57.7 Å². The lowest BCUT2D eigenvalue weighted by atomic mass is 10.2. The standard InChI is InChI=1S/C19H21N5O2S/c1-14-13-27-18(20-14)24(15-8-4-2-5-9-15)17(25)12-23-19(26)22-11-7-3-6-10-16(22)21-23/h2,4-5,8-9,13H,3,6-7,10-12H2,1H3. The van der Waals surface area contributed by atoms with E-state index in [1.807, 2.05) is 42.6 Å². The highest BCUT2D eigenvalue weighted by Gasteiger charge is 2.24. The first kappa shape index (κ1) is 17.7. The minimum Gasteiger partial charge on any atom is -0.279 e. The highest BCUT2D eigenvalue weighted by molar-refractivity contribution is 7.14. The van der Waals surface area contributed by atoms with Gasteiger partial charge in [-0.1, -0.05) is 24.6 Å². The maximum Gasteiger partial charge on any atom is 0.346 e. The average Bonchev–Trinajstić information content (AvgIpc) is 3.11. The minimum atomic E-state index is -0.231. The number of anilines is 2. The van der Waals surface area contributed by atoms with Crippen LogP contribution in [0.2, 0.25) is 0 Å². The number of aryl methyl sites for hydroxylation is 2. The van der Waals surface area contributed by atoms with E-state index in [4.69, 9.17) is 0 Å². The first-order valence-electron chi connectivity index (χ1n) is 9.10. The van der Waals surface area contributed by atoms with Crippen molar-refractivity contribution in [3.63, 3.8) is 0 Å². The molecule has 8 heteroatoms. The zero-order valence-electron chi connectivity index (χ0n) is 15.2. The van der Waals surface area contributed by atoms with Crippen LogP contribution in [0, 0.1) is 6.92 Å². The van der Waals surface area contributed by atoms with E-state index in [-0.39, 0.29) is 18.1 Å². The predicted octanol–water partition coefficient (Wildman–Crippen LogP) is 2.90. The van der Waals surface area contributed by atoms with Gasteiger partial charge in [-0.15, -0.1) is 11.3 Å². The van der Waals surface area contributed by atoms with E-state index in [9.17, 15) is 9.59 Å².